The number of nitrogens with one attached hydrogen (secondary N) is 1. The van der Waals surface area contributed by atoms with Gasteiger partial charge in [0.2, 0.25) is 11.0 Å². The Kier molecular flexibility index (Phi) is 4.57. The van der Waals surface area contributed by atoms with E-state index in [-0.39, 0.29) is 12.3 Å². The molecule has 1 heterocycles. The molecule has 0 aliphatic rings. The Hall–Kier alpha value is -1.11. The van der Waals surface area contributed by atoms with Crippen LogP contribution in [0.15, 0.2) is 28.6 Å². The first kappa shape index (κ1) is 13.3. The molecule has 1 aromatic heterocycles. The third-order valence-electron chi connectivity index (χ3n) is 2.08. The lowest BCUT2D eigenvalue weighted by Gasteiger charge is -2.01. The van der Waals surface area contributed by atoms with Gasteiger partial charge < -0.3 is 5.32 Å². The SMILES string of the molecule is CSc1nnc(NC(=O)Cc2cccc(Cl)c2)s1. The maximum atomic E-state index is 11.8. The van der Waals surface area contributed by atoms with Crippen molar-refractivity contribution in [3.63, 3.8) is 0 Å². The van der Waals surface area contributed by atoms with Crippen LogP contribution in [0, 0.1) is 0 Å². The van der Waals surface area contributed by atoms with Crippen molar-refractivity contribution in [2.75, 3.05) is 11.6 Å². The van der Waals surface area contributed by atoms with Crippen molar-refractivity contribution in [1.29, 1.82) is 0 Å². The largest absolute Gasteiger partial charge is 0.300 e. The van der Waals surface area contributed by atoms with E-state index in [1.165, 1.54) is 23.1 Å². The van der Waals surface area contributed by atoms with Crippen molar-refractivity contribution >= 4 is 45.7 Å². The van der Waals surface area contributed by atoms with Crippen LogP contribution in [0.25, 0.3) is 0 Å². The van der Waals surface area contributed by atoms with Crippen LogP contribution in [0.5, 0.6) is 0 Å². The highest BCUT2D eigenvalue weighted by atomic mass is 35.5. The number of rotatable bonds is 4. The van der Waals surface area contributed by atoms with Crippen LogP contribution in [0.3, 0.4) is 0 Å². The third kappa shape index (κ3) is 3.69. The molecule has 0 fully saturated rings. The second-order valence-electron chi connectivity index (χ2n) is 3.43. The molecule has 4 nitrogen and oxygen atoms in total. The number of carbonyl (C=O) groups is 1. The Bertz CT molecular complexity index is 559. The summed E-state index contributed by atoms with van der Waals surface area (Å²) < 4.78 is 0.827. The minimum absolute atomic E-state index is 0.124. The van der Waals surface area contributed by atoms with Gasteiger partial charge in [0.1, 0.15) is 0 Å². The molecule has 0 saturated carbocycles. The summed E-state index contributed by atoms with van der Waals surface area (Å²) in [5, 5.41) is 11.6. The Morgan fingerprint density at radius 1 is 1.50 bits per heavy atom. The molecule has 0 atom stereocenters. The van der Waals surface area contributed by atoms with E-state index in [1.54, 1.807) is 12.1 Å². The summed E-state index contributed by atoms with van der Waals surface area (Å²) in [6, 6.07) is 7.23. The van der Waals surface area contributed by atoms with E-state index in [0.717, 1.165) is 9.90 Å². The molecule has 0 bridgehead atoms. The molecule has 0 saturated heterocycles. The monoisotopic (exact) mass is 299 g/mol. The maximum Gasteiger partial charge on any atom is 0.230 e. The van der Waals surface area contributed by atoms with Gasteiger partial charge in [0.05, 0.1) is 6.42 Å². The molecule has 1 aromatic carbocycles. The van der Waals surface area contributed by atoms with Crippen LogP contribution in [0.2, 0.25) is 5.02 Å². The van der Waals surface area contributed by atoms with Crippen LogP contribution < -0.4 is 5.32 Å². The molecule has 2 rings (SSSR count). The highest BCUT2D eigenvalue weighted by Gasteiger charge is 2.08. The molecule has 1 N–H and O–H groups in total. The van der Waals surface area contributed by atoms with Gasteiger partial charge in [-0.2, -0.15) is 0 Å². The Labute approximate surface area is 118 Å². The number of nitrogens with zero attached hydrogens (tertiary/aromatic N) is 2. The zero-order valence-corrected chi connectivity index (χ0v) is 11.9. The topological polar surface area (TPSA) is 54.9 Å². The Balaban J connectivity index is 1.96. The van der Waals surface area contributed by atoms with Crippen molar-refractivity contribution in [3.8, 4) is 0 Å². The maximum absolute atomic E-state index is 11.8. The summed E-state index contributed by atoms with van der Waals surface area (Å²) in [6.07, 6.45) is 2.19. The van der Waals surface area contributed by atoms with Gasteiger partial charge in [-0.1, -0.05) is 46.8 Å². The standard InChI is InChI=1S/C11H10ClN3OS2/c1-17-11-15-14-10(18-11)13-9(16)6-7-3-2-4-8(12)5-7/h2-5H,6H2,1H3,(H,13,14,16). The van der Waals surface area contributed by atoms with Crippen molar-refractivity contribution in [1.82, 2.24) is 10.2 Å². The molecule has 0 radical (unpaired) electrons. The summed E-state index contributed by atoms with van der Waals surface area (Å²) in [6.45, 7) is 0. The minimum atomic E-state index is -0.124. The summed E-state index contributed by atoms with van der Waals surface area (Å²) in [7, 11) is 0. The highest BCUT2D eigenvalue weighted by molar-refractivity contribution is 8.00. The molecule has 94 valence electrons. The van der Waals surface area contributed by atoms with E-state index in [1.807, 2.05) is 18.4 Å². The van der Waals surface area contributed by atoms with E-state index < -0.39 is 0 Å². The molecule has 2 aromatic rings. The van der Waals surface area contributed by atoms with Crippen molar-refractivity contribution in [2.24, 2.45) is 0 Å². The lowest BCUT2D eigenvalue weighted by Crippen LogP contribution is -2.14. The predicted molar refractivity (Wildman–Crippen MR) is 75.5 cm³/mol. The summed E-state index contributed by atoms with van der Waals surface area (Å²) in [4.78, 5) is 11.8. The van der Waals surface area contributed by atoms with Gasteiger partial charge in [-0.05, 0) is 24.0 Å². The van der Waals surface area contributed by atoms with E-state index in [0.29, 0.717) is 10.2 Å². The van der Waals surface area contributed by atoms with Gasteiger partial charge >= 0.3 is 0 Å². The fraction of sp³-hybridized carbons (Fsp3) is 0.182. The normalized spacial score (nSPS) is 10.3. The summed E-state index contributed by atoms with van der Waals surface area (Å²) >= 11 is 8.71. The van der Waals surface area contributed by atoms with Crippen LogP contribution in [-0.4, -0.2) is 22.4 Å². The Morgan fingerprint density at radius 3 is 3.00 bits per heavy atom. The number of hydrogen-bond acceptors (Lipinski definition) is 5. The fourth-order valence-electron chi connectivity index (χ4n) is 1.34. The number of carbonyl (C=O) groups excluding carboxylic acids is 1. The molecule has 1 amide bonds. The molecule has 7 heteroatoms. The van der Waals surface area contributed by atoms with Crippen LogP contribution in [0.4, 0.5) is 5.13 Å². The number of hydrogen-bond donors (Lipinski definition) is 1. The fourth-order valence-corrected chi connectivity index (χ4v) is 2.74. The third-order valence-corrected chi connectivity index (χ3v) is 4.13. The number of aromatic nitrogens is 2. The van der Waals surface area contributed by atoms with E-state index >= 15 is 0 Å². The van der Waals surface area contributed by atoms with Crippen molar-refractivity contribution in [2.45, 2.75) is 10.8 Å². The predicted octanol–water partition coefficient (Wildman–Crippen LogP) is 3.09. The number of amides is 1. The minimum Gasteiger partial charge on any atom is -0.300 e. The van der Waals surface area contributed by atoms with Gasteiger partial charge in [-0.25, -0.2) is 0 Å². The van der Waals surface area contributed by atoms with Gasteiger partial charge in [0.15, 0.2) is 4.34 Å². The van der Waals surface area contributed by atoms with Crippen LogP contribution in [-0.2, 0) is 11.2 Å². The van der Waals surface area contributed by atoms with Crippen LogP contribution in [0.1, 0.15) is 5.56 Å². The lowest BCUT2D eigenvalue weighted by molar-refractivity contribution is -0.115. The average Bonchev–Trinajstić information content (AvgIpc) is 2.76. The summed E-state index contributed by atoms with van der Waals surface area (Å²) in [5.41, 5.74) is 0.870. The van der Waals surface area contributed by atoms with Crippen molar-refractivity contribution in [3.05, 3.63) is 34.9 Å². The smallest absolute Gasteiger partial charge is 0.230 e. The number of benzene rings is 1. The quantitative estimate of drug-likeness (QED) is 0.696. The van der Waals surface area contributed by atoms with Crippen molar-refractivity contribution < 1.29 is 4.79 Å². The number of halogens is 1. The first-order chi connectivity index (χ1) is 8.67. The lowest BCUT2D eigenvalue weighted by atomic mass is 10.1. The van der Waals surface area contributed by atoms with Crippen LogP contribution >= 0.6 is 34.7 Å². The van der Waals surface area contributed by atoms with Gasteiger partial charge in [-0.15, -0.1) is 10.2 Å². The van der Waals surface area contributed by atoms with Gasteiger partial charge in [0.25, 0.3) is 0 Å². The number of thioether (sulfide) groups is 1. The molecule has 0 unspecified atom stereocenters. The molecular formula is C11H10ClN3OS2. The van der Waals surface area contributed by atoms with Gasteiger partial charge in [-0.3, -0.25) is 4.79 Å². The Morgan fingerprint density at radius 2 is 2.33 bits per heavy atom. The second kappa shape index (κ2) is 6.17. The summed E-state index contributed by atoms with van der Waals surface area (Å²) in [5.74, 6) is -0.124. The van der Waals surface area contributed by atoms with E-state index in [9.17, 15) is 4.79 Å². The zero-order valence-electron chi connectivity index (χ0n) is 9.51. The average molecular weight is 300 g/mol. The zero-order chi connectivity index (χ0) is 13.0. The van der Waals surface area contributed by atoms with Gasteiger partial charge in [0, 0.05) is 5.02 Å². The molecule has 18 heavy (non-hydrogen) atoms. The molecule has 0 aliphatic carbocycles. The molecule has 0 spiro atoms. The number of anilines is 1. The second-order valence-corrected chi connectivity index (χ2v) is 5.90. The first-order valence-electron chi connectivity index (χ1n) is 5.09. The highest BCUT2D eigenvalue weighted by Crippen LogP contribution is 2.23. The molecule has 0 aliphatic heterocycles. The first-order valence-corrected chi connectivity index (χ1v) is 7.51. The molecular weight excluding hydrogens is 290 g/mol. The van der Waals surface area contributed by atoms with E-state index in [4.69, 9.17) is 11.6 Å². The van der Waals surface area contributed by atoms with E-state index in [2.05, 4.69) is 15.5 Å².